The molecule has 2 aromatic rings. The number of benzene rings is 1. The van der Waals surface area contributed by atoms with Gasteiger partial charge in [0, 0.05) is 11.6 Å². The molecule has 1 aliphatic rings. The Kier molecular flexibility index (Phi) is 4.73. The van der Waals surface area contributed by atoms with Crippen molar-refractivity contribution in [1.29, 1.82) is 0 Å². The van der Waals surface area contributed by atoms with Gasteiger partial charge < -0.3 is 18.9 Å². The predicted molar refractivity (Wildman–Crippen MR) is 92.4 cm³/mol. The molecule has 3 rings (SSSR count). The van der Waals surface area contributed by atoms with Crippen molar-refractivity contribution in [3.8, 4) is 11.5 Å². The largest absolute Gasteiger partial charge is 0.497 e. The van der Waals surface area contributed by atoms with Gasteiger partial charge in [-0.25, -0.2) is 0 Å². The molecule has 0 bridgehead atoms. The zero-order chi connectivity index (χ0) is 17.2. The molecule has 5 nitrogen and oxygen atoms in total. The number of methoxy groups -OCH3 is 1. The molecule has 1 aliphatic heterocycles. The molecule has 0 amide bonds. The van der Waals surface area contributed by atoms with E-state index >= 15 is 0 Å². The van der Waals surface area contributed by atoms with Gasteiger partial charge in [-0.05, 0) is 51.1 Å². The third-order valence-electron chi connectivity index (χ3n) is 3.95. The highest BCUT2D eigenvalue weighted by Crippen LogP contribution is 2.31. The zero-order valence-corrected chi connectivity index (χ0v) is 14.5. The predicted octanol–water partition coefficient (Wildman–Crippen LogP) is 3.72. The van der Waals surface area contributed by atoms with E-state index in [4.69, 9.17) is 18.9 Å². The molecule has 1 aromatic heterocycles. The molecule has 1 fully saturated rings. The molecule has 0 spiro atoms. The summed E-state index contributed by atoms with van der Waals surface area (Å²) in [4.78, 5) is 4.38. The van der Waals surface area contributed by atoms with E-state index in [0.717, 1.165) is 22.4 Å². The minimum absolute atomic E-state index is 0.162. The molecule has 0 aliphatic carbocycles. The van der Waals surface area contributed by atoms with Gasteiger partial charge in [0.1, 0.15) is 23.7 Å². The number of pyridine rings is 1. The molecule has 1 aromatic carbocycles. The van der Waals surface area contributed by atoms with Crippen LogP contribution in [-0.4, -0.2) is 36.7 Å². The first-order valence-electron chi connectivity index (χ1n) is 8.06. The van der Waals surface area contributed by atoms with Crippen LogP contribution in [-0.2, 0) is 9.47 Å². The van der Waals surface area contributed by atoms with Crippen molar-refractivity contribution in [2.45, 2.75) is 38.8 Å². The van der Waals surface area contributed by atoms with Gasteiger partial charge in [0.2, 0.25) is 0 Å². The fourth-order valence-electron chi connectivity index (χ4n) is 2.78. The molecule has 0 radical (unpaired) electrons. The molecule has 1 saturated heterocycles. The van der Waals surface area contributed by atoms with E-state index in [-0.39, 0.29) is 12.2 Å². The van der Waals surface area contributed by atoms with Crippen LogP contribution in [0, 0.1) is 0 Å². The molecule has 2 unspecified atom stereocenters. The Morgan fingerprint density at radius 1 is 1.33 bits per heavy atom. The first kappa shape index (κ1) is 16.7. The molecule has 2 atom stereocenters. The maximum atomic E-state index is 6.26. The Labute approximate surface area is 142 Å². The number of hydrogen-bond acceptors (Lipinski definition) is 5. The van der Waals surface area contributed by atoms with Crippen molar-refractivity contribution >= 4 is 10.9 Å². The smallest absolute Gasteiger partial charge is 0.163 e. The van der Waals surface area contributed by atoms with Gasteiger partial charge in [-0.15, -0.1) is 0 Å². The number of hydrogen-bond donors (Lipinski definition) is 0. The third kappa shape index (κ3) is 3.52. The van der Waals surface area contributed by atoms with Crippen LogP contribution >= 0.6 is 0 Å². The second-order valence-corrected chi connectivity index (χ2v) is 6.17. The van der Waals surface area contributed by atoms with Crippen molar-refractivity contribution in [2.24, 2.45) is 0 Å². The first-order valence-corrected chi connectivity index (χ1v) is 8.06. The Hall–Kier alpha value is -2.11. The van der Waals surface area contributed by atoms with Crippen LogP contribution in [0.4, 0.5) is 0 Å². The Balaban J connectivity index is 1.91. The minimum Gasteiger partial charge on any atom is -0.497 e. The van der Waals surface area contributed by atoms with E-state index in [2.05, 4.69) is 4.98 Å². The molecule has 2 heterocycles. The lowest BCUT2D eigenvalue weighted by Crippen LogP contribution is -2.33. The molecular weight excluding hydrogens is 306 g/mol. The van der Waals surface area contributed by atoms with Crippen molar-refractivity contribution in [3.63, 3.8) is 0 Å². The summed E-state index contributed by atoms with van der Waals surface area (Å²) in [6.45, 7) is 6.28. The molecule has 24 heavy (non-hydrogen) atoms. The van der Waals surface area contributed by atoms with Crippen LogP contribution < -0.4 is 9.47 Å². The van der Waals surface area contributed by atoms with Gasteiger partial charge in [0.25, 0.3) is 0 Å². The van der Waals surface area contributed by atoms with Gasteiger partial charge in [-0.2, -0.15) is 0 Å². The zero-order valence-electron chi connectivity index (χ0n) is 14.5. The Bertz CT molecular complexity index is 741. The summed E-state index contributed by atoms with van der Waals surface area (Å²) in [6.07, 6.45) is 5.29. The molecule has 128 valence electrons. The Morgan fingerprint density at radius 2 is 2.17 bits per heavy atom. The van der Waals surface area contributed by atoms with E-state index in [0.29, 0.717) is 6.61 Å². The molecule has 0 saturated carbocycles. The normalized spacial score (nSPS) is 21.2. The summed E-state index contributed by atoms with van der Waals surface area (Å²) < 4.78 is 23.2. The van der Waals surface area contributed by atoms with Crippen LogP contribution in [0.3, 0.4) is 0 Å². The van der Waals surface area contributed by atoms with Crippen LogP contribution in [0.1, 0.15) is 20.8 Å². The second-order valence-electron chi connectivity index (χ2n) is 6.17. The number of aromatic nitrogens is 1. The maximum Gasteiger partial charge on any atom is 0.163 e. The first-order chi connectivity index (χ1) is 11.5. The summed E-state index contributed by atoms with van der Waals surface area (Å²) in [7, 11) is 1.65. The number of fused-ring (bicyclic) bond motifs is 1. The fourth-order valence-corrected chi connectivity index (χ4v) is 2.78. The average Bonchev–Trinajstić information content (AvgIpc) is 2.94. The van der Waals surface area contributed by atoms with Gasteiger partial charge >= 0.3 is 0 Å². The van der Waals surface area contributed by atoms with Crippen molar-refractivity contribution in [3.05, 3.63) is 42.6 Å². The summed E-state index contributed by atoms with van der Waals surface area (Å²) in [5.41, 5.74) is 0.858. The highest BCUT2D eigenvalue weighted by Gasteiger charge is 2.37. The van der Waals surface area contributed by atoms with E-state index in [1.165, 1.54) is 0 Å². The maximum absolute atomic E-state index is 6.26. The van der Waals surface area contributed by atoms with Crippen LogP contribution in [0.5, 0.6) is 11.5 Å². The third-order valence-corrected chi connectivity index (χ3v) is 3.95. The Morgan fingerprint density at radius 3 is 2.83 bits per heavy atom. The number of allylic oxidation sites excluding steroid dienone is 1. The van der Waals surface area contributed by atoms with Gasteiger partial charge in [0.05, 0.1) is 19.2 Å². The monoisotopic (exact) mass is 329 g/mol. The van der Waals surface area contributed by atoms with Crippen molar-refractivity contribution in [1.82, 2.24) is 4.98 Å². The van der Waals surface area contributed by atoms with Gasteiger partial charge in [-0.1, -0.05) is 6.08 Å². The summed E-state index contributed by atoms with van der Waals surface area (Å²) >= 11 is 0. The molecule has 5 heteroatoms. The van der Waals surface area contributed by atoms with Crippen molar-refractivity contribution in [2.75, 3.05) is 13.7 Å². The van der Waals surface area contributed by atoms with Crippen molar-refractivity contribution < 1.29 is 18.9 Å². The fraction of sp³-hybridized carbons (Fsp3) is 0.421. The van der Waals surface area contributed by atoms with Crippen LogP contribution in [0.25, 0.3) is 10.9 Å². The van der Waals surface area contributed by atoms with Gasteiger partial charge in [-0.3, -0.25) is 4.98 Å². The summed E-state index contributed by atoms with van der Waals surface area (Å²) in [6, 6.07) is 7.60. The van der Waals surface area contributed by atoms with E-state index in [9.17, 15) is 0 Å². The topological polar surface area (TPSA) is 49.8 Å². The number of rotatable bonds is 5. The lowest BCUT2D eigenvalue weighted by atomic mass is 10.1. The van der Waals surface area contributed by atoms with E-state index < -0.39 is 5.79 Å². The highest BCUT2D eigenvalue weighted by atomic mass is 16.7. The van der Waals surface area contributed by atoms with Crippen LogP contribution in [0.2, 0.25) is 0 Å². The summed E-state index contributed by atoms with van der Waals surface area (Å²) in [5, 5.41) is 0.907. The quantitative estimate of drug-likeness (QED) is 0.783. The van der Waals surface area contributed by atoms with E-state index in [1.807, 2.05) is 57.2 Å². The number of ether oxygens (including phenoxy) is 4. The summed E-state index contributed by atoms with van der Waals surface area (Å²) in [5.74, 6) is 0.928. The molecular formula is C19H23NO4. The lowest BCUT2D eigenvalue weighted by Gasteiger charge is -2.23. The SMILES string of the molecule is CC=CC(Oc1ccnc2ccc(OC)cc12)C1COC(C)(C)O1. The standard InChI is InChI=1S/C19H23NO4/c1-5-6-17(18-12-22-19(2,3)24-18)23-16-9-10-20-15-8-7-13(21-4)11-14(15)16/h5-11,17-18H,12H2,1-4H3. The van der Waals surface area contributed by atoms with Crippen LogP contribution in [0.15, 0.2) is 42.6 Å². The average molecular weight is 329 g/mol. The second kappa shape index (κ2) is 6.79. The van der Waals surface area contributed by atoms with E-state index in [1.54, 1.807) is 13.3 Å². The minimum atomic E-state index is -0.586. The van der Waals surface area contributed by atoms with Gasteiger partial charge in [0.15, 0.2) is 5.79 Å². The molecule has 0 N–H and O–H groups in total. The number of nitrogens with zero attached hydrogens (tertiary/aromatic N) is 1. The lowest BCUT2D eigenvalue weighted by molar-refractivity contribution is -0.145. The highest BCUT2D eigenvalue weighted by molar-refractivity contribution is 5.86.